The predicted molar refractivity (Wildman–Crippen MR) is 166 cm³/mol. The summed E-state index contributed by atoms with van der Waals surface area (Å²) in [6.07, 6.45) is -2.69. The summed E-state index contributed by atoms with van der Waals surface area (Å²) in [6.45, 7) is 6.62. The van der Waals surface area contributed by atoms with Crippen LogP contribution in [0.25, 0.3) is 0 Å². The van der Waals surface area contributed by atoms with Crippen molar-refractivity contribution in [2.75, 3.05) is 36.3 Å². The van der Waals surface area contributed by atoms with Gasteiger partial charge in [-0.15, -0.1) is 23.2 Å². The molecule has 19 heteroatoms. The molecule has 8 N–H and O–H groups in total. The van der Waals surface area contributed by atoms with Crippen molar-refractivity contribution in [1.29, 1.82) is 0 Å². The zero-order valence-electron chi connectivity index (χ0n) is 24.9. The molecule has 252 valence electrons. The first-order valence-corrected chi connectivity index (χ1v) is 17.8. The molecule has 0 fully saturated rings. The van der Waals surface area contributed by atoms with E-state index in [9.17, 15) is 48.2 Å². The summed E-state index contributed by atoms with van der Waals surface area (Å²) >= 11 is 11.7. The molecule has 44 heavy (non-hydrogen) atoms. The number of rotatable bonds is 16. The van der Waals surface area contributed by atoms with Gasteiger partial charge in [-0.25, -0.2) is 9.69 Å². The summed E-state index contributed by atoms with van der Waals surface area (Å²) in [5.74, 6) is -1.04. The SMILES string of the molecule is C[C@@H](C(=O)NCCCC(O)(P(=O)(O)O)P(=O)(O)O)N(C(=O)OC(C)(C)C)C(=O)[C@@H](N)Cc1ccc(N(CCCl)CCCl)cc1. The number of ether oxygens (including phenoxy) is 1. The number of nitrogens with two attached hydrogens (primary N) is 1. The van der Waals surface area contributed by atoms with Crippen molar-refractivity contribution in [1.82, 2.24) is 10.2 Å². The molecule has 1 aromatic rings. The number of anilines is 1. The third kappa shape index (κ3) is 11.5. The monoisotopic (exact) mass is 706 g/mol. The number of hydrogen-bond acceptors (Lipinski definition) is 9. The molecule has 2 atom stereocenters. The topological polar surface area (TPSA) is 240 Å². The van der Waals surface area contributed by atoms with E-state index in [-0.39, 0.29) is 6.42 Å². The first-order chi connectivity index (χ1) is 20.1. The van der Waals surface area contributed by atoms with Gasteiger partial charge in [0.2, 0.25) is 11.8 Å². The van der Waals surface area contributed by atoms with Gasteiger partial charge in [-0.05, 0) is 58.2 Å². The summed E-state index contributed by atoms with van der Waals surface area (Å²) < 4.78 is 28.4. The van der Waals surface area contributed by atoms with Crippen molar-refractivity contribution in [3.05, 3.63) is 29.8 Å². The Labute approximate surface area is 266 Å². The van der Waals surface area contributed by atoms with Crippen molar-refractivity contribution < 1.29 is 52.9 Å². The fourth-order valence-corrected chi connectivity index (χ4v) is 6.61. The number of amides is 3. The number of benzene rings is 1. The summed E-state index contributed by atoms with van der Waals surface area (Å²) in [5, 5.41) is 8.66. The zero-order chi connectivity index (χ0) is 34.1. The zero-order valence-corrected chi connectivity index (χ0v) is 28.2. The van der Waals surface area contributed by atoms with Gasteiger partial charge in [-0.1, -0.05) is 12.1 Å². The van der Waals surface area contributed by atoms with Crippen LogP contribution in [0.2, 0.25) is 0 Å². The lowest BCUT2D eigenvalue weighted by atomic mass is 10.0. The number of nitrogens with one attached hydrogen (secondary N) is 1. The lowest BCUT2D eigenvalue weighted by Gasteiger charge is -2.31. The van der Waals surface area contributed by atoms with Gasteiger partial charge in [0.05, 0.1) is 6.04 Å². The first kappa shape index (κ1) is 40.3. The van der Waals surface area contributed by atoms with E-state index < -0.39 is 75.3 Å². The molecular formula is C25H42Cl2N4O11P2. The lowest BCUT2D eigenvalue weighted by Crippen LogP contribution is -2.56. The van der Waals surface area contributed by atoms with Gasteiger partial charge in [-0.2, -0.15) is 0 Å². The van der Waals surface area contributed by atoms with Gasteiger partial charge in [-0.3, -0.25) is 18.7 Å². The number of hydrogen-bond donors (Lipinski definition) is 7. The van der Waals surface area contributed by atoms with Crippen LogP contribution < -0.4 is 16.0 Å². The number of imide groups is 1. The van der Waals surface area contributed by atoms with Gasteiger partial charge in [0.1, 0.15) is 11.6 Å². The van der Waals surface area contributed by atoms with E-state index in [2.05, 4.69) is 5.32 Å². The molecule has 1 rings (SSSR count). The first-order valence-electron chi connectivity index (χ1n) is 13.5. The Bertz CT molecular complexity index is 1190. The highest BCUT2D eigenvalue weighted by Crippen LogP contribution is 2.69. The van der Waals surface area contributed by atoms with Gasteiger partial charge >= 0.3 is 21.3 Å². The van der Waals surface area contributed by atoms with Crippen molar-refractivity contribution in [2.24, 2.45) is 5.73 Å². The largest absolute Gasteiger partial charge is 0.443 e. The molecule has 0 heterocycles. The van der Waals surface area contributed by atoms with Gasteiger partial charge < -0.3 is 45.4 Å². The second kappa shape index (κ2) is 16.7. The molecule has 0 saturated carbocycles. The van der Waals surface area contributed by atoms with Crippen molar-refractivity contribution in [2.45, 2.75) is 69.7 Å². The van der Waals surface area contributed by atoms with Gasteiger partial charge in [0.25, 0.3) is 5.08 Å². The van der Waals surface area contributed by atoms with Crippen LogP contribution in [-0.2, 0) is 29.9 Å². The molecule has 0 aliphatic rings. The molecule has 0 bridgehead atoms. The average Bonchev–Trinajstić information content (AvgIpc) is 2.88. The number of aliphatic hydroxyl groups is 1. The fourth-order valence-electron chi connectivity index (χ4n) is 3.95. The Morgan fingerprint density at radius 1 is 1.00 bits per heavy atom. The highest BCUT2D eigenvalue weighted by molar-refractivity contribution is 7.72. The molecular weight excluding hydrogens is 665 g/mol. The minimum Gasteiger partial charge on any atom is -0.443 e. The van der Waals surface area contributed by atoms with Crippen molar-refractivity contribution in [3.63, 3.8) is 0 Å². The number of carbonyl (C=O) groups is 3. The molecule has 1 aromatic carbocycles. The molecule has 15 nitrogen and oxygen atoms in total. The summed E-state index contributed by atoms with van der Waals surface area (Å²) in [5.41, 5.74) is 6.66. The van der Waals surface area contributed by atoms with E-state index in [1.807, 2.05) is 17.0 Å². The Morgan fingerprint density at radius 3 is 1.93 bits per heavy atom. The number of nitrogens with zero attached hydrogens (tertiary/aromatic N) is 2. The van der Waals surface area contributed by atoms with Crippen LogP contribution >= 0.6 is 38.4 Å². The molecule has 0 aliphatic heterocycles. The average molecular weight is 707 g/mol. The van der Waals surface area contributed by atoms with E-state index >= 15 is 0 Å². The van der Waals surface area contributed by atoms with Crippen LogP contribution in [-0.4, -0.2) is 102 Å². The van der Waals surface area contributed by atoms with Crippen LogP contribution in [0.3, 0.4) is 0 Å². The molecule has 3 amide bonds. The van der Waals surface area contributed by atoms with E-state index in [4.69, 9.17) is 33.7 Å². The lowest BCUT2D eigenvalue weighted by molar-refractivity contribution is -0.139. The number of alkyl halides is 2. The van der Waals surface area contributed by atoms with E-state index in [1.54, 1.807) is 32.9 Å². The highest BCUT2D eigenvalue weighted by atomic mass is 35.5. The predicted octanol–water partition coefficient (Wildman–Crippen LogP) is 1.89. The second-order valence-electron chi connectivity index (χ2n) is 11.0. The molecule has 0 saturated heterocycles. The van der Waals surface area contributed by atoms with Crippen LogP contribution in [0.1, 0.15) is 46.1 Å². The smallest absolute Gasteiger partial charge is 0.417 e. The van der Waals surface area contributed by atoms with Crippen molar-refractivity contribution >= 4 is 62.0 Å². The Hall–Kier alpha value is -1.77. The number of carbonyl (C=O) groups excluding carboxylic acids is 3. The van der Waals surface area contributed by atoms with Crippen LogP contribution in [0, 0.1) is 0 Å². The number of halogens is 2. The van der Waals surface area contributed by atoms with Crippen LogP contribution in [0.15, 0.2) is 24.3 Å². The normalized spacial score (nSPS) is 14.0. The Kier molecular flexibility index (Phi) is 15.3. The Morgan fingerprint density at radius 2 is 1.50 bits per heavy atom. The fraction of sp³-hybridized carbons (Fsp3) is 0.640. The van der Waals surface area contributed by atoms with Gasteiger partial charge in [0, 0.05) is 43.5 Å². The summed E-state index contributed by atoms with van der Waals surface area (Å²) in [7, 11) is -11.3. The van der Waals surface area contributed by atoms with Crippen LogP contribution in [0.5, 0.6) is 0 Å². The molecule has 0 radical (unpaired) electrons. The van der Waals surface area contributed by atoms with E-state index in [0.29, 0.717) is 35.3 Å². The van der Waals surface area contributed by atoms with E-state index in [0.717, 1.165) is 5.69 Å². The third-order valence-electron chi connectivity index (χ3n) is 6.30. The molecule has 0 spiro atoms. The minimum absolute atomic E-state index is 0.00109. The molecule has 0 aromatic heterocycles. The molecule has 0 aliphatic carbocycles. The van der Waals surface area contributed by atoms with E-state index in [1.165, 1.54) is 6.92 Å². The third-order valence-corrected chi connectivity index (χ3v) is 10.5. The maximum atomic E-state index is 13.4. The second-order valence-corrected chi connectivity index (χ2v) is 15.7. The Balaban J connectivity index is 3.07. The van der Waals surface area contributed by atoms with Gasteiger partial charge in [0.15, 0.2) is 0 Å². The quantitative estimate of drug-likeness (QED) is 0.0739. The van der Waals surface area contributed by atoms with Crippen LogP contribution in [0.4, 0.5) is 10.5 Å². The highest BCUT2D eigenvalue weighted by Gasteiger charge is 2.58. The maximum Gasteiger partial charge on any atom is 0.417 e. The standard InChI is InChI=1S/C25H42Cl2N4O11P2/c1-17(21(32)29-13-5-10-25(35,43(36,37)38)44(39,40)41)31(23(34)42-24(2,3)4)22(33)20(28)16-18-6-8-19(9-7-18)30(14-11-26)15-12-27/h6-9,17,20,35H,5,10-16,28H2,1-4H3,(H,29,32)(H2,36,37,38)(H2,39,40,41)/t17-,20-/m0/s1. The molecule has 0 unspecified atom stereocenters. The minimum atomic E-state index is -5.67. The summed E-state index contributed by atoms with van der Waals surface area (Å²) in [6, 6.07) is 4.38. The summed E-state index contributed by atoms with van der Waals surface area (Å²) in [4.78, 5) is 79.0. The maximum absolute atomic E-state index is 13.4. The van der Waals surface area contributed by atoms with Crippen molar-refractivity contribution in [3.8, 4) is 0 Å².